The lowest BCUT2D eigenvalue weighted by atomic mass is 10.5. The summed E-state index contributed by atoms with van der Waals surface area (Å²) in [5.41, 5.74) is 1.01. The van der Waals surface area contributed by atoms with Gasteiger partial charge in [0.15, 0.2) is 5.82 Å². The molecule has 0 fully saturated rings. The van der Waals surface area contributed by atoms with Crippen LogP contribution in [0, 0.1) is 11.6 Å². The Morgan fingerprint density at radius 3 is 2.85 bits per heavy atom. The molecule has 0 amide bonds. The molecule has 0 aliphatic rings. The van der Waals surface area contributed by atoms with Crippen LogP contribution in [0.3, 0.4) is 0 Å². The number of H-pyrrole nitrogens is 1. The maximum Gasteiger partial charge on any atom is 0.171 e. The number of aryl methyl sites for hydroxylation is 1. The highest BCUT2D eigenvalue weighted by molar-refractivity contribution is 7.71. The molecule has 0 spiro atoms. The van der Waals surface area contributed by atoms with Gasteiger partial charge in [-0.2, -0.15) is 0 Å². The van der Waals surface area contributed by atoms with E-state index in [4.69, 9.17) is 12.2 Å². The summed E-state index contributed by atoms with van der Waals surface area (Å²) in [4.78, 5) is 8.09. The van der Waals surface area contributed by atoms with Crippen LogP contribution in [0.4, 0.5) is 0 Å². The molecule has 0 radical (unpaired) electrons. The second kappa shape index (κ2) is 3.10. The number of rotatable bonds is 1. The summed E-state index contributed by atoms with van der Waals surface area (Å²) in [5, 5.41) is 3.07. The molecule has 0 aromatic carbocycles. The first-order valence-corrected chi connectivity index (χ1v) is 4.23. The van der Waals surface area contributed by atoms with Crippen molar-refractivity contribution in [3.63, 3.8) is 0 Å². The van der Waals surface area contributed by atoms with Crippen molar-refractivity contribution in [3.8, 4) is 5.82 Å². The minimum absolute atomic E-state index is 0.706. The van der Waals surface area contributed by atoms with Crippen molar-refractivity contribution >= 4 is 12.2 Å². The van der Waals surface area contributed by atoms with E-state index in [0.29, 0.717) is 10.5 Å². The summed E-state index contributed by atoms with van der Waals surface area (Å²) in [6.07, 6.45) is 4.92. The molecule has 0 aliphatic carbocycles. The van der Waals surface area contributed by atoms with Crippen LogP contribution in [0.2, 0.25) is 0 Å². The fourth-order valence-electron chi connectivity index (χ4n) is 1.09. The van der Waals surface area contributed by atoms with E-state index < -0.39 is 0 Å². The molecule has 2 rings (SSSR count). The predicted molar refractivity (Wildman–Crippen MR) is 51.3 cm³/mol. The third-order valence-electron chi connectivity index (χ3n) is 1.63. The van der Waals surface area contributed by atoms with E-state index in [-0.39, 0.29) is 0 Å². The molecule has 0 atom stereocenters. The Hall–Kier alpha value is -1.49. The lowest BCUT2D eigenvalue weighted by Gasteiger charge is -1.98. The molecule has 66 valence electrons. The third kappa shape index (κ3) is 1.50. The zero-order chi connectivity index (χ0) is 9.26. The molecule has 4 nitrogen and oxygen atoms in total. The highest BCUT2D eigenvalue weighted by Gasteiger charge is 1.99. The quantitative estimate of drug-likeness (QED) is 0.698. The SMILES string of the molecule is Cc1cc(=S)n(-c2cnccn2)[nH]1. The molecule has 13 heavy (non-hydrogen) atoms. The first-order valence-electron chi connectivity index (χ1n) is 3.82. The first-order chi connectivity index (χ1) is 6.27. The standard InChI is InChI=1S/C8H8N4S/c1-6-4-8(13)12(11-6)7-5-9-2-3-10-7/h2-5,11H,1H3. The largest absolute Gasteiger partial charge is 0.296 e. The molecule has 0 saturated heterocycles. The Bertz CT molecular complexity index is 456. The zero-order valence-corrected chi connectivity index (χ0v) is 7.88. The van der Waals surface area contributed by atoms with Gasteiger partial charge in [-0.1, -0.05) is 12.2 Å². The third-order valence-corrected chi connectivity index (χ3v) is 1.93. The van der Waals surface area contributed by atoms with Gasteiger partial charge in [0.05, 0.1) is 6.20 Å². The molecule has 0 saturated carbocycles. The number of aromatic amines is 1. The van der Waals surface area contributed by atoms with E-state index in [1.54, 1.807) is 23.3 Å². The number of aromatic nitrogens is 4. The van der Waals surface area contributed by atoms with Gasteiger partial charge in [-0.05, 0) is 13.0 Å². The second-order valence-corrected chi connectivity index (χ2v) is 3.09. The van der Waals surface area contributed by atoms with Gasteiger partial charge < -0.3 is 0 Å². The minimum Gasteiger partial charge on any atom is -0.296 e. The molecule has 2 aromatic rings. The van der Waals surface area contributed by atoms with Crippen LogP contribution in [0.15, 0.2) is 24.7 Å². The monoisotopic (exact) mass is 192 g/mol. The van der Waals surface area contributed by atoms with E-state index in [0.717, 1.165) is 5.69 Å². The van der Waals surface area contributed by atoms with E-state index in [2.05, 4.69) is 15.1 Å². The van der Waals surface area contributed by atoms with Gasteiger partial charge in [0.2, 0.25) is 0 Å². The Morgan fingerprint density at radius 1 is 1.46 bits per heavy atom. The molecule has 2 aromatic heterocycles. The fourth-order valence-corrected chi connectivity index (χ4v) is 1.41. The topological polar surface area (TPSA) is 46.5 Å². The minimum atomic E-state index is 0.706. The molecular formula is C8H8N4S. The van der Waals surface area contributed by atoms with Crippen molar-refractivity contribution in [2.24, 2.45) is 0 Å². The Morgan fingerprint density at radius 2 is 2.31 bits per heavy atom. The van der Waals surface area contributed by atoms with Crippen LogP contribution < -0.4 is 0 Å². The van der Waals surface area contributed by atoms with Crippen LogP contribution in [0.1, 0.15) is 5.69 Å². The second-order valence-electron chi connectivity index (χ2n) is 2.68. The number of nitrogens with zero attached hydrogens (tertiary/aromatic N) is 3. The van der Waals surface area contributed by atoms with E-state index in [1.165, 1.54) is 0 Å². The van der Waals surface area contributed by atoms with Crippen LogP contribution in [-0.2, 0) is 0 Å². The van der Waals surface area contributed by atoms with Crippen molar-refractivity contribution in [3.05, 3.63) is 35.0 Å². The average Bonchev–Trinajstić information content (AvgIpc) is 2.47. The number of hydrogen-bond acceptors (Lipinski definition) is 3. The number of hydrogen-bond donors (Lipinski definition) is 1. The van der Waals surface area contributed by atoms with Gasteiger partial charge in [-0.3, -0.25) is 10.1 Å². The summed E-state index contributed by atoms with van der Waals surface area (Å²) in [6.45, 7) is 1.95. The van der Waals surface area contributed by atoms with Crippen molar-refractivity contribution in [1.82, 2.24) is 19.7 Å². The summed E-state index contributed by atoms with van der Waals surface area (Å²) < 4.78 is 2.43. The average molecular weight is 192 g/mol. The summed E-state index contributed by atoms with van der Waals surface area (Å²) in [5.74, 6) is 0.709. The molecule has 2 heterocycles. The summed E-state index contributed by atoms with van der Waals surface area (Å²) in [6, 6.07) is 1.88. The lowest BCUT2D eigenvalue weighted by molar-refractivity contribution is 0.815. The van der Waals surface area contributed by atoms with Gasteiger partial charge in [0.1, 0.15) is 4.64 Å². The maximum absolute atomic E-state index is 5.12. The van der Waals surface area contributed by atoms with Crippen LogP contribution in [0.25, 0.3) is 5.82 Å². The van der Waals surface area contributed by atoms with Gasteiger partial charge in [0, 0.05) is 18.1 Å². The molecule has 5 heteroatoms. The van der Waals surface area contributed by atoms with Gasteiger partial charge in [0.25, 0.3) is 0 Å². The molecular weight excluding hydrogens is 184 g/mol. The predicted octanol–water partition coefficient (Wildman–Crippen LogP) is 1.63. The van der Waals surface area contributed by atoms with E-state index in [9.17, 15) is 0 Å². The van der Waals surface area contributed by atoms with Crippen molar-refractivity contribution in [1.29, 1.82) is 0 Å². The van der Waals surface area contributed by atoms with Crippen molar-refractivity contribution in [2.45, 2.75) is 6.92 Å². The maximum atomic E-state index is 5.12. The molecule has 0 bridgehead atoms. The Kier molecular flexibility index (Phi) is 1.94. The normalized spacial score (nSPS) is 10.2. The highest BCUT2D eigenvalue weighted by Crippen LogP contribution is 2.03. The summed E-state index contributed by atoms with van der Waals surface area (Å²) in [7, 11) is 0. The smallest absolute Gasteiger partial charge is 0.171 e. The van der Waals surface area contributed by atoms with Crippen LogP contribution >= 0.6 is 12.2 Å². The van der Waals surface area contributed by atoms with Gasteiger partial charge >= 0.3 is 0 Å². The summed E-state index contributed by atoms with van der Waals surface area (Å²) >= 11 is 5.12. The molecule has 0 aliphatic heterocycles. The van der Waals surface area contributed by atoms with Crippen molar-refractivity contribution < 1.29 is 0 Å². The zero-order valence-electron chi connectivity index (χ0n) is 7.06. The highest BCUT2D eigenvalue weighted by atomic mass is 32.1. The van der Waals surface area contributed by atoms with Crippen LogP contribution in [-0.4, -0.2) is 19.7 Å². The Labute approximate surface area is 80.3 Å². The number of nitrogens with one attached hydrogen (secondary N) is 1. The van der Waals surface area contributed by atoms with Gasteiger partial charge in [-0.15, -0.1) is 0 Å². The lowest BCUT2D eigenvalue weighted by Crippen LogP contribution is -1.99. The molecule has 0 unspecified atom stereocenters. The Balaban J connectivity index is 2.59. The first kappa shape index (κ1) is 8.12. The van der Waals surface area contributed by atoms with Crippen molar-refractivity contribution in [2.75, 3.05) is 0 Å². The fraction of sp³-hybridized carbons (Fsp3) is 0.125. The van der Waals surface area contributed by atoms with E-state index in [1.807, 2.05) is 13.0 Å². The molecule has 1 N–H and O–H groups in total. The van der Waals surface area contributed by atoms with Gasteiger partial charge in [-0.25, -0.2) is 9.67 Å². The van der Waals surface area contributed by atoms with E-state index >= 15 is 0 Å². The van der Waals surface area contributed by atoms with Crippen LogP contribution in [0.5, 0.6) is 0 Å².